The quantitative estimate of drug-likeness (QED) is 0.627. The lowest BCUT2D eigenvalue weighted by Gasteiger charge is -2.10. The van der Waals surface area contributed by atoms with E-state index < -0.39 is 0 Å². The molecule has 0 aromatic heterocycles. The highest BCUT2D eigenvalue weighted by molar-refractivity contribution is 5.64. The van der Waals surface area contributed by atoms with E-state index in [-0.39, 0.29) is 10.6 Å². The fourth-order valence-corrected chi connectivity index (χ4v) is 1.59. The zero-order valence-electron chi connectivity index (χ0n) is 10.9. The van der Waals surface area contributed by atoms with E-state index in [1.807, 2.05) is 19.9 Å². The summed E-state index contributed by atoms with van der Waals surface area (Å²) in [6, 6.07) is 3.49. The molecule has 1 N–H and O–H groups in total. The van der Waals surface area contributed by atoms with Crippen LogP contribution < -0.4 is 5.32 Å². The number of hydrogen-bond acceptors (Lipinski definition) is 3. The summed E-state index contributed by atoms with van der Waals surface area (Å²) < 4.78 is 0. The summed E-state index contributed by atoms with van der Waals surface area (Å²) in [4.78, 5) is 10.6. The average Bonchev–Trinajstić information content (AvgIpc) is 2.22. The fraction of sp³-hybridized carbons (Fsp3) is 0.538. The Balaban J connectivity index is 2.89. The smallest absolute Gasteiger partial charge is 0.292 e. The molecule has 4 heteroatoms. The van der Waals surface area contributed by atoms with Gasteiger partial charge in [-0.1, -0.05) is 13.8 Å². The lowest BCUT2D eigenvalue weighted by molar-refractivity contribution is -0.384. The summed E-state index contributed by atoms with van der Waals surface area (Å²) in [5.74, 6) is 0.591. The molecule has 1 aromatic carbocycles. The molecule has 0 amide bonds. The number of nitrogens with zero attached hydrogens (tertiary/aromatic N) is 1. The molecule has 0 aliphatic rings. The van der Waals surface area contributed by atoms with Gasteiger partial charge < -0.3 is 5.32 Å². The predicted molar refractivity (Wildman–Crippen MR) is 70.5 cm³/mol. The van der Waals surface area contributed by atoms with Gasteiger partial charge in [-0.05, 0) is 43.4 Å². The maximum Gasteiger partial charge on any atom is 0.292 e. The second kappa shape index (κ2) is 5.66. The van der Waals surface area contributed by atoms with Crippen molar-refractivity contribution >= 4 is 11.4 Å². The molecule has 1 rings (SSSR count). The maximum atomic E-state index is 10.9. The van der Waals surface area contributed by atoms with Gasteiger partial charge in [0.15, 0.2) is 0 Å². The SMILES string of the molecule is Cc1cc(NCCC(C)C)c([N+](=O)[O-])cc1C. The lowest BCUT2D eigenvalue weighted by atomic mass is 10.1. The number of anilines is 1. The van der Waals surface area contributed by atoms with Crippen molar-refractivity contribution in [2.24, 2.45) is 5.92 Å². The molecule has 1 aromatic rings. The van der Waals surface area contributed by atoms with Gasteiger partial charge in [0.1, 0.15) is 5.69 Å². The van der Waals surface area contributed by atoms with Gasteiger partial charge >= 0.3 is 0 Å². The minimum absolute atomic E-state index is 0.164. The number of rotatable bonds is 5. The minimum atomic E-state index is -0.329. The van der Waals surface area contributed by atoms with Crippen LogP contribution in [0.3, 0.4) is 0 Å². The molecule has 0 radical (unpaired) electrons. The van der Waals surface area contributed by atoms with Gasteiger partial charge in [-0.15, -0.1) is 0 Å². The van der Waals surface area contributed by atoms with Crippen molar-refractivity contribution in [1.29, 1.82) is 0 Å². The summed E-state index contributed by atoms with van der Waals surface area (Å²) >= 11 is 0. The summed E-state index contributed by atoms with van der Waals surface area (Å²) in [5, 5.41) is 14.1. The monoisotopic (exact) mass is 236 g/mol. The Morgan fingerprint density at radius 1 is 1.29 bits per heavy atom. The van der Waals surface area contributed by atoms with Gasteiger partial charge in [-0.25, -0.2) is 0 Å². The van der Waals surface area contributed by atoms with Crippen LogP contribution in [0.15, 0.2) is 12.1 Å². The third-order valence-corrected chi connectivity index (χ3v) is 2.85. The van der Waals surface area contributed by atoms with Crippen LogP contribution in [0.1, 0.15) is 31.4 Å². The molecule has 0 unspecified atom stereocenters. The molecular weight excluding hydrogens is 216 g/mol. The van der Waals surface area contributed by atoms with Gasteiger partial charge in [0, 0.05) is 12.6 Å². The number of nitro groups is 1. The van der Waals surface area contributed by atoms with Gasteiger partial charge in [0.2, 0.25) is 0 Å². The molecular formula is C13H20N2O2. The third-order valence-electron chi connectivity index (χ3n) is 2.85. The highest BCUT2D eigenvalue weighted by Gasteiger charge is 2.14. The molecule has 4 nitrogen and oxygen atoms in total. The number of aryl methyl sites for hydroxylation is 2. The molecule has 0 fully saturated rings. The average molecular weight is 236 g/mol. The molecule has 94 valence electrons. The van der Waals surface area contributed by atoms with E-state index in [0.717, 1.165) is 24.1 Å². The standard InChI is InChI=1S/C13H20N2O2/c1-9(2)5-6-14-12-7-10(3)11(4)8-13(12)15(16)17/h7-9,14H,5-6H2,1-4H3. The number of benzene rings is 1. The van der Waals surface area contributed by atoms with Crippen LogP contribution in [0.25, 0.3) is 0 Å². The van der Waals surface area contributed by atoms with E-state index in [2.05, 4.69) is 19.2 Å². The number of nitro benzene ring substituents is 1. The Labute approximate surface area is 102 Å². The molecule has 0 heterocycles. The van der Waals surface area contributed by atoms with Crippen LogP contribution in [0.5, 0.6) is 0 Å². The Bertz CT molecular complexity index is 414. The van der Waals surface area contributed by atoms with Crippen molar-refractivity contribution in [2.75, 3.05) is 11.9 Å². The van der Waals surface area contributed by atoms with Crippen molar-refractivity contribution in [2.45, 2.75) is 34.1 Å². The Morgan fingerprint density at radius 3 is 2.41 bits per heavy atom. The number of nitrogens with one attached hydrogen (secondary N) is 1. The predicted octanol–water partition coefficient (Wildman–Crippen LogP) is 3.67. The lowest BCUT2D eigenvalue weighted by Crippen LogP contribution is -2.07. The topological polar surface area (TPSA) is 55.2 Å². The normalized spacial score (nSPS) is 10.6. The van der Waals surface area contributed by atoms with Crippen LogP contribution in [-0.2, 0) is 0 Å². The minimum Gasteiger partial charge on any atom is -0.379 e. The van der Waals surface area contributed by atoms with E-state index >= 15 is 0 Å². The van der Waals surface area contributed by atoms with Crippen molar-refractivity contribution in [3.05, 3.63) is 33.4 Å². The van der Waals surface area contributed by atoms with Crippen LogP contribution >= 0.6 is 0 Å². The molecule has 0 atom stereocenters. The number of hydrogen-bond donors (Lipinski definition) is 1. The molecule has 17 heavy (non-hydrogen) atoms. The van der Waals surface area contributed by atoms with Crippen molar-refractivity contribution in [3.8, 4) is 0 Å². The van der Waals surface area contributed by atoms with Gasteiger partial charge in [-0.3, -0.25) is 10.1 Å². The van der Waals surface area contributed by atoms with E-state index in [1.165, 1.54) is 0 Å². The van der Waals surface area contributed by atoms with Crippen molar-refractivity contribution in [3.63, 3.8) is 0 Å². The van der Waals surface area contributed by atoms with Crippen LogP contribution in [0.2, 0.25) is 0 Å². The van der Waals surface area contributed by atoms with E-state index in [1.54, 1.807) is 6.07 Å². The van der Waals surface area contributed by atoms with Gasteiger partial charge in [0.05, 0.1) is 4.92 Å². The van der Waals surface area contributed by atoms with Crippen molar-refractivity contribution in [1.82, 2.24) is 0 Å². The zero-order chi connectivity index (χ0) is 13.0. The zero-order valence-corrected chi connectivity index (χ0v) is 10.9. The highest BCUT2D eigenvalue weighted by atomic mass is 16.6. The molecule has 0 saturated heterocycles. The van der Waals surface area contributed by atoms with E-state index in [9.17, 15) is 10.1 Å². The summed E-state index contributed by atoms with van der Waals surface area (Å²) in [6.45, 7) is 8.89. The second-order valence-electron chi connectivity index (χ2n) is 4.82. The summed E-state index contributed by atoms with van der Waals surface area (Å²) in [7, 11) is 0. The third kappa shape index (κ3) is 3.73. The van der Waals surface area contributed by atoms with E-state index in [0.29, 0.717) is 11.6 Å². The first-order chi connectivity index (χ1) is 7.91. The van der Waals surface area contributed by atoms with E-state index in [4.69, 9.17) is 0 Å². The second-order valence-corrected chi connectivity index (χ2v) is 4.82. The molecule has 0 aliphatic heterocycles. The highest BCUT2D eigenvalue weighted by Crippen LogP contribution is 2.27. The van der Waals surface area contributed by atoms with Gasteiger partial charge in [0.25, 0.3) is 5.69 Å². The Morgan fingerprint density at radius 2 is 1.88 bits per heavy atom. The fourth-order valence-electron chi connectivity index (χ4n) is 1.59. The summed E-state index contributed by atoms with van der Waals surface area (Å²) in [6.07, 6.45) is 1.00. The first kappa shape index (κ1) is 13.5. The van der Waals surface area contributed by atoms with Crippen molar-refractivity contribution < 1.29 is 4.92 Å². The first-order valence-corrected chi connectivity index (χ1v) is 5.91. The Kier molecular flexibility index (Phi) is 4.49. The van der Waals surface area contributed by atoms with Gasteiger partial charge in [-0.2, -0.15) is 0 Å². The Hall–Kier alpha value is -1.58. The molecule has 0 bridgehead atoms. The first-order valence-electron chi connectivity index (χ1n) is 5.91. The van der Waals surface area contributed by atoms with Crippen LogP contribution in [0.4, 0.5) is 11.4 Å². The van der Waals surface area contributed by atoms with Crippen LogP contribution in [-0.4, -0.2) is 11.5 Å². The van der Waals surface area contributed by atoms with Crippen LogP contribution in [0, 0.1) is 29.9 Å². The molecule has 0 aliphatic carbocycles. The maximum absolute atomic E-state index is 10.9. The molecule has 0 spiro atoms. The largest absolute Gasteiger partial charge is 0.379 e. The summed E-state index contributed by atoms with van der Waals surface area (Å²) in [5.41, 5.74) is 2.81. The molecule has 0 saturated carbocycles.